The molecule has 2 saturated carbocycles. The first kappa shape index (κ1) is 12.4. The van der Waals surface area contributed by atoms with Gasteiger partial charge in [-0.3, -0.25) is 0 Å². The number of hydrogen-bond acceptors (Lipinski definition) is 2. The smallest absolute Gasteiger partial charge is 0.00152 e. The van der Waals surface area contributed by atoms with E-state index >= 15 is 0 Å². The van der Waals surface area contributed by atoms with Crippen molar-refractivity contribution in [2.45, 2.75) is 45.4 Å². The molecule has 2 rings (SSSR count). The average molecular weight is 224 g/mol. The Labute approximate surface area is 100 Å². The Hall–Kier alpha value is -0.0800. The van der Waals surface area contributed by atoms with Gasteiger partial charge in [-0.25, -0.2) is 0 Å². The lowest BCUT2D eigenvalue weighted by Crippen LogP contribution is -2.27. The van der Waals surface area contributed by atoms with Gasteiger partial charge < -0.3 is 11.1 Å². The summed E-state index contributed by atoms with van der Waals surface area (Å²) in [7, 11) is 0. The SMILES string of the molecule is CC(CN)CCCNCC(C1CC1)C1CC1. The van der Waals surface area contributed by atoms with Crippen LogP contribution >= 0.6 is 0 Å². The highest BCUT2D eigenvalue weighted by Gasteiger charge is 2.40. The molecule has 2 nitrogen and oxygen atoms in total. The molecule has 0 aromatic carbocycles. The first-order chi connectivity index (χ1) is 7.81. The van der Waals surface area contributed by atoms with E-state index in [1.807, 2.05) is 0 Å². The maximum Gasteiger partial charge on any atom is -0.00152 e. The molecule has 0 bridgehead atoms. The van der Waals surface area contributed by atoms with Crippen molar-refractivity contribution >= 4 is 0 Å². The van der Waals surface area contributed by atoms with E-state index in [0.717, 1.165) is 24.3 Å². The molecule has 16 heavy (non-hydrogen) atoms. The van der Waals surface area contributed by atoms with Crippen molar-refractivity contribution in [1.29, 1.82) is 0 Å². The van der Waals surface area contributed by atoms with Crippen molar-refractivity contribution in [1.82, 2.24) is 5.32 Å². The lowest BCUT2D eigenvalue weighted by atomic mass is 9.98. The fourth-order valence-corrected chi connectivity index (χ4v) is 2.73. The van der Waals surface area contributed by atoms with Crippen LogP contribution in [0.4, 0.5) is 0 Å². The van der Waals surface area contributed by atoms with Gasteiger partial charge in [0.1, 0.15) is 0 Å². The second-order valence-corrected chi connectivity index (χ2v) is 6.03. The largest absolute Gasteiger partial charge is 0.330 e. The fraction of sp³-hybridized carbons (Fsp3) is 1.00. The maximum atomic E-state index is 5.61. The Morgan fingerprint density at radius 2 is 1.81 bits per heavy atom. The zero-order chi connectivity index (χ0) is 11.4. The Bertz CT molecular complexity index is 185. The lowest BCUT2D eigenvalue weighted by molar-refractivity contribution is 0.374. The highest BCUT2D eigenvalue weighted by atomic mass is 14.9. The Kier molecular flexibility index (Phi) is 4.66. The molecule has 94 valence electrons. The lowest BCUT2D eigenvalue weighted by Gasteiger charge is -2.16. The van der Waals surface area contributed by atoms with Crippen molar-refractivity contribution < 1.29 is 0 Å². The van der Waals surface area contributed by atoms with E-state index in [0.29, 0.717) is 5.92 Å². The second-order valence-electron chi connectivity index (χ2n) is 6.03. The van der Waals surface area contributed by atoms with Gasteiger partial charge in [0.05, 0.1) is 0 Å². The summed E-state index contributed by atoms with van der Waals surface area (Å²) in [6.45, 7) is 5.57. The molecule has 2 fully saturated rings. The van der Waals surface area contributed by atoms with Gasteiger partial charge in [0.25, 0.3) is 0 Å². The predicted molar refractivity (Wildman–Crippen MR) is 69.3 cm³/mol. The topological polar surface area (TPSA) is 38.0 Å². The molecule has 1 atom stereocenters. The van der Waals surface area contributed by atoms with Crippen molar-refractivity contribution in [3.63, 3.8) is 0 Å². The van der Waals surface area contributed by atoms with Gasteiger partial charge in [-0.2, -0.15) is 0 Å². The van der Waals surface area contributed by atoms with Crippen LogP contribution < -0.4 is 11.1 Å². The van der Waals surface area contributed by atoms with Gasteiger partial charge in [-0.15, -0.1) is 0 Å². The van der Waals surface area contributed by atoms with Gasteiger partial charge in [0, 0.05) is 0 Å². The van der Waals surface area contributed by atoms with E-state index in [9.17, 15) is 0 Å². The molecular formula is C14H28N2. The van der Waals surface area contributed by atoms with Crippen molar-refractivity contribution in [2.24, 2.45) is 29.4 Å². The van der Waals surface area contributed by atoms with Crippen LogP contribution in [-0.4, -0.2) is 19.6 Å². The predicted octanol–water partition coefficient (Wildman–Crippen LogP) is 2.39. The third-order valence-corrected chi connectivity index (χ3v) is 4.29. The molecule has 0 radical (unpaired) electrons. The molecule has 1 unspecified atom stereocenters. The molecule has 2 heteroatoms. The summed E-state index contributed by atoms with van der Waals surface area (Å²) >= 11 is 0. The number of hydrogen-bond donors (Lipinski definition) is 2. The molecule has 3 N–H and O–H groups in total. The summed E-state index contributed by atoms with van der Waals surface area (Å²) in [6.07, 6.45) is 8.60. The molecule has 2 aliphatic rings. The molecule has 0 aromatic heterocycles. The summed E-state index contributed by atoms with van der Waals surface area (Å²) in [4.78, 5) is 0. The molecule has 0 aromatic rings. The van der Waals surface area contributed by atoms with E-state index in [-0.39, 0.29) is 0 Å². The highest BCUT2D eigenvalue weighted by molar-refractivity contribution is 4.92. The van der Waals surface area contributed by atoms with Crippen LogP contribution in [0.1, 0.15) is 45.4 Å². The summed E-state index contributed by atoms with van der Waals surface area (Å²) < 4.78 is 0. The van der Waals surface area contributed by atoms with E-state index in [4.69, 9.17) is 5.73 Å². The summed E-state index contributed by atoms with van der Waals surface area (Å²) in [5.41, 5.74) is 5.61. The Morgan fingerprint density at radius 3 is 2.31 bits per heavy atom. The normalized spacial score (nSPS) is 22.7. The molecular weight excluding hydrogens is 196 g/mol. The quantitative estimate of drug-likeness (QED) is 0.590. The number of nitrogens with one attached hydrogen (secondary N) is 1. The molecule has 0 amide bonds. The minimum atomic E-state index is 0.699. The van der Waals surface area contributed by atoms with Crippen LogP contribution in [-0.2, 0) is 0 Å². The van der Waals surface area contributed by atoms with Crippen molar-refractivity contribution in [3.8, 4) is 0 Å². The molecule has 0 heterocycles. The van der Waals surface area contributed by atoms with Crippen molar-refractivity contribution in [3.05, 3.63) is 0 Å². The monoisotopic (exact) mass is 224 g/mol. The van der Waals surface area contributed by atoms with Crippen LogP contribution in [0.3, 0.4) is 0 Å². The van der Waals surface area contributed by atoms with E-state index < -0.39 is 0 Å². The van der Waals surface area contributed by atoms with Gasteiger partial charge >= 0.3 is 0 Å². The zero-order valence-corrected chi connectivity index (χ0v) is 10.8. The average Bonchev–Trinajstić information content (AvgIpc) is 3.16. The standard InChI is InChI=1S/C14H28N2/c1-11(9-15)3-2-8-16-10-14(12-4-5-12)13-6-7-13/h11-14,16H,2-10,15H2,1H3. The summed E-state index contributed by atoms with van der Waals surface area (Å²) in [6, 6.07) is 0. The minimum absolute atomic E-state index is 0.699. The van der Waals surface area contributed by atoms with E-state index in [1.54, 1.807) is 0 Å². The summed E-state index contributed by atoms with van der Waals surface area (Å²) in [5, 5.41) is 3.67. The first-order valence-electron chi connectivity index (χ1n) is 7.22. The van der Waals surface area contributed by atoms with Gasteiger partial charge in [0.2, 0.25) is 0 Å². The first-order valence-corrected chi connectivity index (χ1v) is 7.22. The molecule has 0 spiro atoms. The minimum Gasteiger partial charge on any atom is -0.330 e. The third-order valence-electron chi connectivity index (χ3n) is 4.29. The van der Waals surface area contributed by atoms with Crippen LogP contribution in [0.2, 0.25) is 0 Å². The zero-order valence-electron chi connectivity index (χ0n) is 10.8. The number of rotatable bonds is 9. The Morgan fingerprint density at radius 1 is 1.19 bits per heavy atom. The van der Waals surface area contributed by atoms with Gasteiger partial charge in [-0.05, 0) is 81.8 Å². The van der Waals surface area contributed by atoms with Crippen LogP contribution in [0.25, 0.3) is 0 Å². The third kappa shape index (κ3) is 4.06. The van der Waals surface area contributed by atoms with Gasteiger partial charge in [-0.1, -0.05) is 6.92 Å². The second kappa shape index (κ2) is 6.02. The van der Waals surface area contributed by atoms with Crippen LogP contribution in [0, 0.1) is 23.7 Å². The fourth-order valence-electron chi connectivity index (χ4n) is 2.73. The van der Waals surface area contributed by atoms with Crippen molar-refractivity contribution in [2.75, 3.05) is 19.6 Å². The molecule has 0 aliphatic heterocycles. The van der Waals surface area contributed by atoms with Crippen LogP contribution in [0.5, 0.6) is 0 Å². The summed E-state index contributed by atoms with van der Waals surface area (Å²) in [5.74, 6) is 3.89. The maximum absolute atomic E-state index is 5.61. The number of nitrogens with two attached hydrogens (primary N) is 1. The van der Waals surface area contributed by atoms with E-state index in [2.05, 4.69) is 12.2 Å². The molecule has 0 saturated heterocycles. The Balaban J connectivity index is 1.49. The highest BCUT2D eigenvalue weighted by Crippen LogP contribution is 2.48. The van der Waals surface area contributed by atoms with Gasteiger partial charge in [0.15, 0.2) is 0 Å². The molecule has 2 aliphatic carbocycles. The van der Waals surface area contributed by atoms with Crippen LogP contribution in [0.15, 0.2) is 0 Å². The van der Waals surface area contributed by atoms with E-state index in [1.165, 1.54) is 51.6 Å².